The van der Waals surface area contributed by atoms with Gasteiger partial charge in [0.2, 0.25) is 0 Å². The van der Waals surface area contributed by atoms with Crippen molar-refractivity contribution >= 4 is 10.9 Å². The summed E-state index contributed by atoms with van der Waals surface area (Å²) in [4.78, 5) is 3.34. The van der Waals surface area contributed by atoms with Gasteiger partial charge in [0.25, 0.3) is 0 Å². The number of nitrogens with two attached hydrogens (primary N) is 1. The van der Waals surface area contributed by atoms with E-state index in [0.717, 1.165) is 0 Å². The first kappa shape index (κ1) is 12.0. The maximum Gasteiger partial charge on any atom is 0.0457 e. The second-order valence-corrected chi connectivity index (χ2v) is 4.93. The van der Waals surface area contributed by atoms with Crippen molar-refractivity contribution in [3.05, 3.63) is 71.4 Å². The lowest BCUT2D eigenvalue weighted by Crippen LogP contribution is -2.14. The van der Waals surface area contributed by atoms with Crippen molar-refractivity contribution in [2.24, 2.45) is 5.73 Å². The molecule has 0 aliphatic carbocycles. The number of hydrogen-bond acceptors (Lipinski definition) is 1. The summed E-state index contributed by atoms with van der Waals surface area (Å²) >= 11 is 0. The van der Waals surface area contributed by atoms with Gasteiger partial charge >= 0.3 is 0 Å². The third kappa shape index (κ3) is 2.04. The number of fused-ring (bicyclic) bond motifs is 1. The minimum atomic E-state index is 0.248. The Kier molecular flexibility index (Phi) is 3.10. The van der Waals surface area contributed by atoms with Crippen LogP contribution in [0.1, 0.15) is 22.6 Å². The Hall–Kier alpha value is -2.06. The van der Waals surface area contributed by atoms with Crippen molar-refractivity contribution in [2.45, 2.75) is 12.8 Å². The molecule has 3 rings (SSSR count). The molecule has 1 aromatic heterocycles. The lowest BCUT2D eigenvalue weighted by molar-refractivity contribution is 0.818. The second kappa shape index (κ2) is 4.90. The summed E-state index contributed by atoms with van der Waals surface area (Å²) in [6.07, 6.45) is 2.09. The summed E-state index contributed by atoms with van der Waals surface area (Å²) in [5.41, 5.74) is 11.1. The Morgan fingerprint density at radius 2 is 1.74 bits per heavy atom. The predicted molar refractivity (Wildman–Crippen MR) is 80.4 cm³/mol. The molecule has 2 nitrogen and oxygen atoms in total. The largest absolute Gasteiger partial charge is 0.361 e. The van der Waals surface area contributed by atoms with Gasteiger partial charge in [0.05, 0.1) is 0 Å². The summed E-state index contributed by atoms with van der Waals surface area (Å²) in [6.45, 7) is 2.76. The Balaban J connectivity index is 2.15. The van der Waals surface area contributed by atoms with Gasteiger partial charge in [-0.1, -0.05) is 42.5 Å². The van der Waals surface area contributed by atoms with E-state index in [9.17, 15) is 0 Å². The molecule has 96 valence electrons. The molecule has 1 unspecified atom stereocenters. The minimum Gasteiger partial charge on any atom is -0.361 e. The van der Waals surface area contributed by atoms with E-state index in [1.165, 1.54) is 27.6 Å². The van der Waals surface area contributed by atoms with E-state index < -0.39 is 0 Å². The molecular formula is C17H18N2. The van der Waals surface area contributed by atoms with Gasteiger partial charge < -0.3 is 10.7 Å². The van der Waals surface area contributed by atoms with Crippen molar-refractivity contribution in [3.63, 3.8) is 0 Å². The van der Waals surface area contributed by atoms with Crippen LogP contribution in [0.2, 0.25) is 0 Å². The van der Waals surface area contributed by atoms with E-state index >= 15 is 0 Å². The lowest BCUT2D eigenvalue weighted by atomic mass is 9.88. The molecule has 0 radical (unpaired) electrons. The molecule has 0 aliphatic rings. The fourth-order valence-corrected chi connectivity index (χ4v) is 2.78. The topological polar surface area (TPSA) is 41.8 Å². The van der Waals surface area contributed by atoms with Gasteiger partial charge in [0.1, 0.15) is 0 Å². The highest BCUT2D eigenvalue weighted by Crippen LogP contribution is 2.31. The van der Waals surface area contributed by atoms with E-state index in [1.54, 1.807) is 0 Å². The van der Waals surface area contributed by atoms with Crippen LogP contribution in [0.15, 0.2) is 54.7 Å². The fraction of sp³-hybridized carbons (Fsp3) is 0.176. The van der Waals surface area contributed by atoms with Crippen LogP contribution in [-0.2, 0) is 0 Å². The normalized spacial score (nSPS) is 12.7. The van der Waals surface area contributed by atoms with Gasteiger partial charge in [-0.05, 0) is 29.7 Å². The highest BCUT2D eigenvalue weighted by atomic mass is 14.7. The number of aryl methyl sites for hydroxylation is 1. The van der Waals surface area contributed by atoms with Gasteiger partial charge in [0.15, 0.2) is 0 Å². The zero-order chi connectivity index (χ0) is 13.2. The Morgan fingerprint density at radius 1 is 1.00 bits per heavy atom. The maximum atomic E-state index is 6.04. The zero-order valence-corrected chi connectivity index (χ0v) is 11.1. The third-order valence-electron chi connectivity index (χ3n) is 3.80. The Morgan fingerprint density at radius 3 is 2.53 bits per heavy atom. The third-order valence-corrected chi connectivity index (χ3v) is 3.80. The predicted octanol–water partition coefficient (Wildman–Crippen LogP) is 3.57. The molecule has 0 spiro atoms. The SMILES string of the molecule is Cc1ccccc1C(CN)c1c[nH]c2ccccc12. The highest BCUT2D eigenvalue weighted by Gasteiger charge is 2.17. The molecule has 0 amide bonds. The molecule has 0 saturated heterocycles. The average molecular weight is 250 g/mol. The number of aromatic amines is 1. The Bertz CT molecular complexity index is 697. The average Bonchev–Trinajstić information content (AvgIpc) is 2.86. The summed E-state index contributed by atoms with van der Waals surface area (Å²) in [7, 11) is 0. The molecule has 19 heavy (non-hydrogen) atoms. The number of benzene rings is 2. The fourth-order valence-electron chi connectivity index (χ4n) is 2.78. The van der Waals surface area contributed by atoms with E-state index in [-0.39, 0.29) is 5.92 Å². The smallest absolute Gasteiger partial charge is 0.0457 e. The molecular weight excluding hydrogens is 232 g/mol. The number of aromatic nitrogens is 1. The van der Waals surface area contributed by atoms with Gasteiger partial charge in [-0.3, -0.25) is 0 Å². The van der Waals surface area contributed by atoms with Crippen molar-refractivity contribution in [3.8, 4) is 0 Å². The van der Waals surface area contributed by atoms with Crippen LogP contribution in [0.5, 0.6) is 0 Å². The van der Waals surface area contributed by atoms with Gasteiger partial charge in [-0.15, -0.1) is 0 Å². The van der Waals surface area contributed by atoms with Crippen LogP contribution in [0, 0.1) is 6.92 Å². The molecule has 2 aromatic carbocycles. The van der Waals surface area contributed by atoms with Crippen LogP contribution in [0.4, 0.5) is 0 Å². The lowest BCUT2D eigenvalue weighted by Gasteiger charge is -2.17. The first-order valence-corrected chi connectivity index (χ1v) is 6.63. The Labute approximate surface area is 113 Å². The van der Waals surface area contributed by atoms with Gasteiger partial charge in [0, 0.05) is 29.6 Å². The molecule has 0 fully saturated rings. The molecule has 1 atom stereocenters. The summed E-state index contributed by atoms with van der Waals surface area (Å²) in [5.74, 6) is 0.248. The molecule has 3 N–H and O–H groups in total. The van der Waals surface area contributed by atoms with Gasteiger partial charge in [-0.25, -0.2) is 0 Å². The summed E-state index contributed by atoms with van der Waals surface area (Å²) in [5, 5.41) is 1.27. The summed E-state index contributed by atoms with van der Waals surface area (Å²) < 4.78 is 0. The van der Waals surface area contributed by atoms with Crippen molar-refractivity contribution < 1.29 is 0 Å². The highest BCUT2D eigenvalue weighted by molar-refractivity contribution is 5.84. The molecule has 0 saturated carbocycles. The molecule has 0 aliphatic heterocycles. The van der Waals surface area contributed by atoms with Crippen LogP contribution >= 0.6 is 0 Å². The van der Waals surface area contributed by atoms with E-state index in [0.29, 0.717) is 6.54 Å². The second-order valence-electron chi connectivity index (χ2n) is 4.93. The number of para-hydroxylation sites is 1. The van der Waals surface area contributed by atoms with E-state index in [1.807, 2.05) is 6.07 Å². The number of nitrogens with one attached hydrogen (secondary N) is 1. The monoisotopic (exact) mass is 250 g/mol. The maximum absolute atomic E-state index is 6.04. The van der Waals surface area contributed by atoms with Crippen LogP contribution in [0.25, 0.3) is 10.9 Å². The van der Waals surface area contributed by atoms with Crippen LogP contribution in [-0.4, -0.2) is 11.5 Å². The number of hydrogen-bond donors (Lipinski definition) is 2. The van der Waals surface area contributed by atoms with Crippen LogP contribution < -0.4 is 5.73 Å². The first-order valence-electron chi connectivity index (χ1n) is 6.63. The number of rotatable bonds is 3. The minimum absolute atomic E-state index is 0.248. The van der Waals surface area contributed by atoms with Crippen molar-refractivity contribution in [2.75, 3.05) is 6.54 Å². The van der Waals surface area contributed by atoms with Gasteiger partial charge in [-0.2, -0.15) is 0 Å². The van der Waals surface area contributed by atoms with Crippen molar-refractivity contribution in [1.29, 1.82) is 0 Å². The molecule has 1 heterocycles. The summed E-state index contributed by atoms with van der Waals surface area (Å²) in [6, 6.07) is 16.9. The zero-order valence-electron chi connectivity index (χ0n) is 11.1. The van der Waals surface area contributed by atoms with Crippen LogP contribution in [0.3, 0.4) is 0 Å². The molecule has 3 aromatic rings. The number of H-pyrrole nitrogens is 1. The van der Waals surface area contributed by atoms with E-state index in [2.05, 4.69) is 60.6 Å². The quantitative estimate of drug-likeness (QED) is 0.733. The van der Waals surface area contributed by atoms with Crippen molar-refractivity contribution in [1.82, 2.24) is 4.98 Å². The van der Waals surface area contributed by atoms with E-state index in [4.69, 9.17) is 5.73 Å². The molecule has 2 heteroatoms. The molecule has 0 bridgehead atoms. The standard InChI is InChI=1S/C17H18N2/c1-12-6-2-3-7-13(12)15(10-18)16-11-19-17-9-5-4-8-14(16)17/h2-9,11,15,19H,10,18H2,1H3. The first-order chi connectivity index (χ1) is 9.31.